The summed E-state index contributed by atoms with van der Waals surface area (Å²) in [7, 11) is 3.15. The van der Waals surface area contributed by atoms with E-state index in [-0.39, 0.29) is 30.2 Å². The molecule has 1 saturated heterocycles. The molecule has 1 heterocycles. The van der Waals surface area contributed by atoms with Gasteiger partial charge < -0.3 is 20.3 Å². The minimum absolute atomic E-state index is 0.0208. The summed E-state index contributed by atoms with van der Waals surface area (Å²) in [5.74, 6) is -0.576. The molecule has 0 aliphatic carbocycles. The standard InChI is InChI=1S/C12H21N3O4/c1-15(8-11(17)13-5-6-19-2)12(18)9-3-4-10(16)14-7-9/h9H,3-8H2,1-2H3,(H,13,17)(H,14,16). The quantitative estimate of drug-likeness (QED) is 0.590. The summed E-state index contributed by atoms with van der Waals surface area (Å²) >= 11 is 0. The molecule has 0 spiro atoms. The Labute approximate surface area is 112 Å². The molecule has 1 atom stereocenters. The molecule has 2 N–H and O–H groups in total. The van der Waals surface area contributed by atoms with Gasteiger partial charge in [0.2, 0.25) is 17.7 Å². The monoisotopic (exact) mass is 271 g/mol. The van der Waals surface area contributed by atoms with Crippen molar-refractivity contribution in [2.45, 2.75) is 12.8 Å². The number of hydrogen-bond acceptors (Lipinski definition) is 4. The summed E-state index contributed by atoms with van der Waals surface area (Å²) in [5.41, 5.74) is 0. The van der Waals surface area contributed by atoms with Crippen LogP contribution in [0.5, 0.6) is 0 Å². The zero-order valence-corrected chi connectivity index (χ0v) is 11.4. The van der Waals surface area contributed by atoms with Gasteiger partial charge in [-0.05, 0) is 6.42 Å². The van der Waals surface area contributed by atoms with E-state index in [4.69, 9.17) is 4.74 Å². The van der Waals surface area contributed by atoms with Crippen LogP contribution in [0.2, 0.25) is 0 Å². The molecule has 0 aromatic rings. The molecule has 1 aliphatic rings. The Morgan fingerprint density at radius 3 is 2.84 bits per heavy atom. The van der Waals surface area contributed by atoms with E-state index in [1.165, 1.54) is 4.90 Å². The molecule has 0 bridgehead atoms. The fourth-order valence-electron chi connectivity index (χ4n) is 1.90. The van der Waals surface area contributed by atoms with Gasteiger partial charge in [0.25, 0.3) is 0 Å². The van der Waals surface area contributed by atoms with Crippen molar-refractivity contribution >= 4 is 17.7 Å². The predicted molar refractivity (Wildman–Crippen MR) is 68.3 cm³/mol. The molecule has 1 unspecified atom stereocenters. The lowest BCUT2D eigenvalue weighted by atomic mass is 9.98. The van der Waals surface area contributed by atoms with Crippen molar-refractivity contribution in [3.05, 3.63) is 0 Å². The van der Waals surface area contributed by atoms with Crippen LogP contribution in [0.15, 0.2) is 0 Å². The highest BCUT2D eigenvalue weighted by atomic mass is 16.5. The van der Waals surface area contributed by atoms with E-state index in [2.05, 4.69) is 10.6 Å². The van der Waals surface area contributed by atoms with Gasteiger partial charge in [-0.25, -0.2) is 0 Å². The number of rotatable bonds is 6. The number of ether oxygens (including phenoxy) is 1. The number of amides is 3. The second-order valence-corrected chi connectivity index (χ2v) is 4.58. The van der Waals surface area contributed by atoms with Crippen molar-refractivity contribution < 1.29 is 19.1 Å². The Bertz CT molecular complexity index is 336. The van der Waals surface area contributed by atoms with Crippen molar-refractivity contribution in [1.82, 2.24) is 15.5 Å². The van der Waals surface area contributed by atoms with Gasteiger partial charge in [0.05, 0.1) is 19.1 Å². The molecule has 7 nitrogen and oxygen atoms in total. The molecule has 1 fully saturated rings. The molecular formula is C12H21N3O4. The number of methoxy groups -OCH3 is 1. The van der Waals surface area contributed by atoms with Gasteiger partial charge in [0.1, 0.15) is 0 Å². The topological polar surface area (TPSA) is 87.7 Å². The SMILES string of the molecule is COCCNC(=O)CN(C)C(=O)C1CCC(=O)NC1. The van der Waals surface area contributed by atoms with E-state index in [0.29, 0.717) is 32.5 Å². The fraction of sp³-hybridized carbons (Fsp3) is 0.750. The largest absolute Gasteiger partial charge is 0.383 e. The summed E-state index contributed by atoms with van der Waals surface area (Å²) in [5, 5.41) is 5.31. The van der Waals surface area contributed by atoms with E-state index < -0.39 is 0 Å². The van der Waals surface area contributed by atoms with Gasteiger partial charge in [-0.15, -0.1) is 0 Å². The van der Waals surface area contributed by atoms with Gasteiger partial charge in [-0.1, -0.05) is 0 Å². The third-order valence-electron chi connectivity index (χ3n) is 3.00. The molecular weight excluding hydrogens is 250 g/mol. The first kappa shape index (κ1) is 15.4. The number of carbonyl (C=O) groups excluding carboxylic acids is 3. The number of likely N-dealkylation sites (N-methyl/N-ethyl adjacent to an activating group) is 1. The maximum Gasteiger partial charge on any atom is 0.239 e. The minimum Gasteiger partial charge on any atom is -0.383 e. The third-order valence-corrected chi connectivity index (χ3v) is 3.00. The Morgan fingerprint density at radius 2 is 2.26 bits per heavy atom. The van der Waals surface area contributed by atoms with Crippen LogP contribution in [-0.2, 0) is 19.1 Å². The summed E-state index contributed by atoms with van der Waals surface area (Å²) in [6.45, 7) is 1.25. The van der Waals surface area contributed by atoms with Gasteiger partial charge >= 0.3 is 0 Å². The molecule has 0 saturated carbocycles. The Morgan fingerprint density at radius 1 is 1.53 bits per heavy atom. The minimum atomic E-state index is -0.227. The Hall–Kier alpha value is -1.63. The number of hydrogen-bond donors (Lipinski definition) is 2. The molecule has 3 amide bonds. The average molecular weight is 271 g/mol. The van der Waals surface area contributed by atoms with Gasteiger partial charge in [-0.3, -0.25) is 14.4 Å². The highest BCUT2D eigenvalue weighted by Crippen LogP contribution is 2.13. The molecule has 1 rings (SSSR count). The number of nitrogens with zero attached hydrogens (tertiary/aromatic N) is 1. The first-order chi connectivity index (χ1) is 9.04. The average Bonchev–Trinajstić information content (AvgIpc) is 2.39. The van der Waals surface area contributed by atoms with Crippen molar-refractivity contribution in [2.24, 2.45) is 5.92 Å². The van der Waals surface area contributed by atoms with Gasteiger partial charge in [0.15, 0.2) is 0 Å². The van der Waals surface area contributed by atoms with E-state index in [9.17, 15) is 14.4 Å². The molecule has 19 heavy (non-hydrogen) atoms. The van der Waals surface area contributed by atoms with Crippen LogP contribution in [0, 0.1) is 5.92 Å². The van der Waals surface area contributed by atoms with Crippen LogP contribution in [0.4, 0.5) is 0 Å². The first-order valence-corrected chi connectivity index (χ1v) is 6.32. The van der Waals surface area contributed by atoms with Crippen molar-refractivity contribution in [3.63, 3.8) is 0 Å². The van der Waals surface area contributed by atoms with Crippen molar-refractivity contribution in [2.75, 3.05) is 40.4 Å². The number of carbonyl (C=O) groups is 3. The highest BCUT2D eigenvalue weighted by molar-refractivity contribution is 5.87. The molecule has 1 aliphatic heterocycles. The van der Waals surface area contributed by atoms with E-state index in [1.807, 2.05) is 0 Å². The van der Waals surface area contributed by atoms with Crippen LogP contribution in [0.3, 0.4) is 0 Å². The van der Waals surface area contributed by atoms with Crippen LogP contribution >= 0.6 is 0 Å². The summed E-state index contributed by atoms with van der Waals surface area (Å²) in [6.07, 6.45) is 0.907. The summed E-state index contributed by atoms with van der Waals surface area (Å²) in [6, 6.07) is 0. The Kier molecular flexibility index (Phi) is 6.27. The molecule has 108 valence electrons. The van der Waals surface area contributed by atoms with Crippen molar-refractivity contribution in [1.29, 1.82) is 0 Å². The first-order valence-electron chi connectivity index (χ1n) is 6.32. The Balaban J connectivity index is 2.31. The fourth-order valence-corrected chi connectivity index (χ4v) is 1.90. The predicted octanol–water partition coefficient (Wildman–Crippen LogP) is -1.27. The zero-order valence-electron chi connectivity index (χ0n) is 11.4. The lowest BCUT2D eigenvalue weighted by molar-refractivity contribution is -0.139. The smallest absolute Gasteiger partial charge is 0.239 e. The van der Waals surface area contributed by atoms with Crippen molar-refractivity contribution in [3.8, 4) is 0 Å². The highest BCUT2D eigenvalue weighted by Gasteiger charge is 2.27. The van der Waals surface area contributed by atoms with Crippen LogP contribution in [0.1, 0.15) is 12.8 Å². The van der Waals surface area contributed by atoms with Crippen LogP contribution in [0.25, 0.3) is 0 Å². The lowest BCUT2D eigenvalue weighted by Gasteiger charge is -2.26. The van der Waals surface area contributed by atoms with E-state index in [1.54, 1.807) is 14.2 Å². The zero-order chi connectivity index (χ0) is 14.3. The molecule has 0 aromatic carbocycles. The molecule has 0 aromatic heterocycles. The lowest BCUT2D eigenvalue weighted by Crippen LogP contribution is -2.46. The second kappa shape index (κ2) is 7.73. The van der Waals surface area contributed by atoms with Gasteiger partial charge in [-0.2, -0.15) is 0 Å². The number of nitrogens with one attached hydrogen (secondary N) is 2. The number of piperidine rings is 1. The van der Waals surface area contributed by atoms with Crippen LogP contribution < -0.4 is 10.6 Å². The third kappa shape index (κ3) is 5.25. The van der Waals surface area contributed by atoms with E-state index in [0.717, 1.165) is 0 Å². The van der Waals surface area contributed by atoms with E-state index >= 15 is 0 Å². The summed E-state index contributed by atoms with van der Waals surface area (Å²) in [4.78, 5) is 36.0. The molecule has 7 heteroatoms. The second-order valence-electron chi connectivity index (χ2n) is 4.58. The summed E-state index contributed by atoms with van der Waals surface area (Å²) < 4.78 is 4.81. The van der Waals surface area contributed by atoms with Crippen LogP contribution in [-0.4, -0.2) is 63.0 Å². The maximum absolute atomic E-state index is 12.0. The maximum atomic E-state index is 12.0. The van der Waals surface area contributed by atoms with Gasteiger partial charge in [0, 0.05) is 33.7 Å². The molecule has 0 radical (unpaired) electrons. The normalized spacial score (nSPS) is 18.6.